The number of nitrogens with one attached hydrogen (secondary N) is 2. The van der Waals surface area contributed by atoms with Crippen LogP contribution in [0.25, 0.3) is 11.3 Å². The summed E-state index contributed by atoms with van der Waals surface area (Å²) < 4.78 is 26.5. The monoisotopic (exact) mass is 223 g/mol. The summed E-state index contributed by atoms with van der Waals surface area (Å²) in [5.41, 5.74) is 1.34. The topological polar surface area (TPSA) is 40.7 Å². The predicted octanol–water partition coefficient (Wildman–Crippen LogP) is 2.07. The van der Waals surface area contributed by atoms with E-state index in [-0.39, 0.29) is 5.56 Å². The zero-order chi connectivity index (χ0) is 11.5. The minimum absolute atomic E-state index is 0.173. The van der Waals surface area contributed by atoms with E-state index >= 15 is 0 Å². The number of H-pyrrole nitrogens is 1. The van der Waals surface area contributed by atoms with Crippen molar-refractivity contribution in [1.29, 1.82) is 0 Å². The summed E-state index contributed by atoms with van der Waals surface area (Å²) in [6.07, 6.45) is 1.46. The quantitative estimate of drug-likeness (QED) is 0.836. The molecule has 0 amide bonds. The molecule has 1 aromatic heterocycles. The highest BCUT2D eigenvalue weighted by Crippen LogP contribution is 2.24. The van der Waals surface area contributed by atoms with Crippen molar-refractivity contribution in [2.75, 3.05) is 7.05 Å². The van der Waals surface area contributed by atoms with Crippen LogP contribution in [0.3, 0.4) is 0 Å². The van der Waals surface area contributed by atoms with Gasteiger partial charge < -0.3 is 10.3 Å². The molecule has 1 aromatic carbocycles. The second-order valence-corrected chi connectivity index (χ2v) is 3.38. The van der Waals surface area contributed by atoms with Crippen LogP contribution in [-0.4, -0.2) is 17.0 Å². The fraction of sp³-hybridized carbons (Fsp3) is 0.182. The normalized spacial score (nSPS) is 10.7. The van der Waals surface area contributed by atoms with Crippen molar-refractivity contribution in [1.82, 2.24) is 15.3 Å². The molecule has 0 saturated carbocycles. The maximum absolute atomic E-state index is 13.5. The van der Waals surface area contributed by atoms with E-state index in [1.807, 2.05) is 0 Å². The maximum Gasteiger partial charge on any atom is 0.132 e. The van der Waals surface area contributed by atoms with Crippen LogP contribution in [0.1, 0.15) is 5.69 Å². The second-order valence-electron chi connectivity index (χ2n) is 3.38. The van der Waals surface area contributed by atoms with Crippen LogP contribution >= 0.6 is 0 Å². The van der Waals surface area contributed by atoms with Crippen molar-refractivity contribution in [3.8, 4) is 11.3 Å². The Hall–Kier alpha value is -1.75. The highest BCUT2D eigenvalue weighted by atomic mass is 19.1. The van der Waals surface area contributed by atoms with Crippen molar-refractivity contribution in [2.24, 2.45) is 0 Å². The van der Waals surface area contributed by atoms with E-state index in [0.29, 0.717) is 12.2 Å². The molecular formula is C11H11F2N3. The molecule has 0 unspecified atom stereocenters. The molecule has 2 aromatic rings. The van der Waals surface area contributed by atoms with Crippen LogP contribution in [-0.2, 0) is 6.54 Å². The van der Waals surface area contributed by atoms with Crippen LogP contribution in [0.5, 0.6) is 0 Å². The van der Waals surface area contributed by atoms with Crippen LogP contribution in [0.2, 0.25) is 0 Å². The molecule has 0 spiro atoms. The molecule has 0 saturated heterocycles. The molecule has 16 heavy (non-hydrogen) atoms. The molecule has 0 radical (unpaired) electrons. The standard InChI is InChI=1S/C11H11F2N3/c1-14-5-10-11(16-6-15-10)8-4-7(12)2-3-9(8)13/h2-4,6,14H,5H2,1H3,(H,15,16). The van der Waals surface area contributed by atoms with Gasteiger partial charge in [0.15, 0.2) is 0 Å². The molecule has 2 rings (SSSR count). The summed E-state index contributed by atoms with van der Waals surface area (Å²) in [7, 11) is 1.77. The van der Waals surface area contributed by atoms with Crippen LogP contribution in [0, 0.1) is 11.6 Å². The molecule has 5 heteroatoms. The van der Waals surface area contributed by atoms with Gasteiger partial charge in [-0.15, -0.1) is 0 Å². The van der Waals surface area contributed by atoms with Crippen LogP contribution in [0.15, 0.2) is 24.5 Å². The fourth-order valence-electron chi connectivity index (χ4n) is 1.54. The Kier molecular flexibility index (Phi) is 2.96. The van der Waals surface area contributed by atoms with Gasteiger partial charge in [-0.3, -0.25) is 0 Å². The Morgan fingerprint density at radius 1 is 1.38 bits per heavy atom. The van der Waals surface area contributed by atoms with Gasteiger partial charge in [0, 0.05) is 12.1 Å². The number of imidazole rings is 1. The third-order valence-electron chi connectivity index (χ3n) is 2.26. The van der Waals surface area contributed by atoms with Gasteiger partial charge in [-0.05, 0) is 25.2 Å². The van der Waals surface area contributed by atoms with Crippen molar-refractivity contribution >= 4 is 0 Å². The third kappa shape index (κ3) is 1.94. The maximum atomic E-state index is 13.5. The molecule has 0 atom stereocenters. The number of halogens is 2. The number of hydrogen-bond donors (Lipinski definition) is 2. The lowest BCUT2D eigenvalue weighted by Crippen LogP contribution is -2.06. The zero-order valence-electron chi connectivity index (χ0n) is 8.72. The van der Waals surface area contributed by atoms with Gasteiger partial charge in [-0.2, -0.15) is 0 Å². The second kappa shape index (κ2) is 4.40. The minimum atomic E-state index is -0.481. The molecule has 0 aliphatic rings. The van der Waals surface area contributed by atoms with Crippen molar-refractivity contribution < 1.29 is 8.78 Å². The van der Waals surface area contributed by atoms with Gasteiger partial charge in [0.2, 0.25) is 0 Å². The smallest absolute Gasteiger partial charge is 0.132 e. The van der Waals surface area contributed by atoms with E-state index in [1.54, 1.807) is 7.05 Å². The van der Waals surface area contributed by atoms with Gasteiger partial charge in [0.1, 0.15) is 11.6 Å². The summed E-state index contributed by atoms with van der Waals surface area (Å²) in [6, 6.07) is 3.33. The van der Waals surface area contributed by atoms with Gasteiger partial charge in [0.05, 0.1) is 17.7 Å². The summed E-state index contributed by atoms with van der Waals surface area (Å²) in [4.78, 5) is 6.89. The lowest BCUT2D eigenvalue weighted by Gasteiger charge is -2.03. The van der Waals surface area contributed by atoms with Crippen LogP contribution in [0.4, 0.5) is 8.78 Å². The van der Waals surface area contributed by atoms with Gasteiger partial charge in [-0.25, -0.2) is 13.8 Å². The highest BCUT2D eigenvalue weighted by Gasteiger charge is 2.12. The number of aromatic nitrogens is 2. The number of hydrogen-bond acceptors (Lipinski definition) is 2. The predicted molar refractivity (Wildman–Crippen MR) is 56.7 cm³/mol. The Labute approximate surface area is 91.5 Å². The van der Waals surface area contributed by atoms with E-state index in [4.69, 9.17) is 0 Å². The number of rotatable bonds is 3. The van der Waals surface area contributed by atoms with Gasteiger partial charge in [-0.1, -0.05) is 0 Å². The molecule has 3 nitrogen and oxygen atoms in total. The largest absolute Gasteiger partial charge is 0.347 e. The molecule has 2 N–H and O–H groups in total. The lowest BCUT2D eigenvalue weighted by atomic mass is 10.1. The summed E-state index contributed by atoms with van der Waals surface area (Å²) >= 11 is 0. The summed E-state index contributed by atoms with van der Waals surface area (Å²) in [5, 5.41) is 2.93. The number of nitrogens with zero attached hydrogens (tertiary/aromatic N) is 1. The van der Waals surface area contributed by atoms with Crippen molar-refractivity contribution in [2.45, 2.75) is 6.54 Å². The highest BCUT2D eigenvalue weighted by molar-refractivity contribution is 5.62. The van der Waals surface area contributed by atoms with Crippen molar-refractivity contribution in [3.63, 3.8) is 0 Å². The van der Waals surface area contributed by atoms with E-state index < -0.39 is 11.6 Å². The average Bonchev–Trinajstić information content (AvgIpc) is 2.70. The van der Waals surface area contributed by atoms with E-state index in [1.165, 1.54) is 6.33 Å². The Balaban J connectivity index is 2.49. The van der Waals surface area contributed by atoms with E-state index in [9.17, 15) is 8.78 Å². The fourth-order valence-corrected chi connectivity index (χ4v) is 1.54. The first-order valence-corrected chi connectivity index (χ1v) is 4.84. The summed E-state index contributed by atoms with van der Waals surface area (Å²) in [6.45, 7) is 0.519. The first-order valence-electron chi connectivity index (χ1n) is 4.84. The Morgan fingerprint density at radius 2 is 2.19 bits per heavy atom. The molecule has 0 bridgehead atoms. The number of aromatic amines is 1. The van der Waals surface area contributed by atoms with Gasteiger partial charge >= 0.3 is 0 Å². The Bertz CT molecular complexity index is 494. The van der Waals surface area contributed by atoms with Crippen LogP contribution < -0.4 is 5.32 Å². The van der Waals surface area contributed by atoms with Gasteiger partial charge in [0.25, 0.3) is 0 Å². The molecule has 1 heterocycles. The first kappa shape index (κ1) is 10.8. The van der Waals surface area contributed by atoms with E-state index in [0.717, 1.165) is 23.9 Å². The first-order chi connectivity index (χ1) is 7.72. The molecule has 0 fully saturated rings. The minimum Gasteiger partial charge on any atom is -0.347 e. The van der Waals surface area contributed by atoms with Crippen molar-refractivity contribution in [3.05, 3.63) is 41.9 Å². The summed E-state index contributed by atoms with van der Waals surface area (Å²) in [5.74, 6) is -0.958. The molecule has 0 aliphatic carbocycles. The lowest BCUT2D eigenvalue weighted by molar-refractivity contribution is 0.602. The third-order valence-corrected chi connectivity index (χ3v) is 2.26. The molecule has 0 aliphatic heterocycles. The average molecular weight is 223 g/mol. The SMILES string of the molecule is CNCc1[nH]cnc1-c1cc(F)ccc1F. The molecular weight excluding hydrogens is 212 g/mol. The Morgan fingerprint density at radius 3 is 2.94 bits per heavy atom. The number of benzene rings is 1. The zero-order valence-corrected chi connectivity index (χ0v) is 8.72. The van der Waals surface area contributed by atoms with E-state index in [2.05, 4.69) is 15.3 Å². The molecule has 84 valence electrons.